The monoisotopic (exact) mass is 266 g/mol. The van der Waals surface area contributed by atoms with E-state index in [1.54, 1.807) is 12.1 Å². The van der Waals surface area contributed by atoms with Gasteiger partial charge in [0.05, 0.1) is 5.56 Å². The van der Waals surface area contributed by atoms with Crippen molar-refractivity contribution < 1.29 is 14.6 Å². The number of nitrogens with two attached hydrogens (primary N) is 1. The van der Waals surface area contributed by atoms with Crippen LogP contribution in [-0.2, 0) is 4.74 Å². The molecule has 1 aromatic carbocycles. The lowest BCUT2D eigenvalue weighted by atomic mass is 10.1. The molecule has 0 aliphatic rings. The lowest BCUT2D eigenvalue weighted by Crippen LogP contribution is -2.10. The Hall–Kier alpha value is -1.75. The normalized spacial score (nSPS) is 10.4. The molecule has 0 fully saturated rings. The van der Waals surface area contributed by atoms with E-state index in [9.17, 15) is 4.79 Å². The van der Waals surface area contributed by atoms with Crippen LogP contribution in [0, 0.1) is 0 Å². The van der Waals surface area contributed by atoms with Gasteiger partial charge in [0, 0.05) is 31.1 Å². The van der Waals surface area contributed by atoms with Gasteiger partial charge in [0.15, 0.2) is 0 Å². The Morgan fingerprint density at radius 2 is 2.11 bits per heavy atom. The standard InChI is InChI=1S/C14H22N2O3/c1-2-3-8-19-9-4-7-16-13-6-5-11(15)10-12(13)14(17)18/h5-6,10,16H,2-4,7-9,15H2,1H3,(H,17,18). The summed E-state index contributed by atoms with van der Waals surface area (Å²) in [6.07, 6.45) is 3.05. The van der Waals surface area contributed by atoms with Crippen molar-refractivity contribution >= 4 is 17.3 Å². The third-order valence-corrected chi connectivity index (χ3v) is 2.70. The highest BCUT2D eigenvalue weighted by atomic mass is 16.5. The molecule has 0 aliphatic heterocycles. The van der Waals surface area contributed by atoms with Crippen LogP contribution in [0.2, 0.25) is 0 Å². The van der Waals surface area contributed by atoms with Gasteiger partial charge in [-0.3, -0.25) is 0 Å². The van der Waals surface area contributed by atoms with Crippen molar-refractivity contribution in [3.05, 3.63) is 23.8 Å². The molecule has 1 aromatic rings. The summed E-state index contributed by atoms with van der Waals surface area (Å²) >= 11 is 0. The van der Waals surface area contributed by atoms with Gasteiger partial charge in [0.1, 0.15) is 0 Å². The first-order valence-corrected chi connectivity index (χ1v) is 6.59. The number of hydrogen-bond acceptors (Lipinski definition) is 4. The molecule has 0 amide bonds. The minimum atomic E-state index is -0.978. The molecule has 19 heavy (non-hydrogen) atoms. The van der Waals surface area contributed by atoms with Crippen LogP contribution in [0.25, 0.3) is 0 Å². The highest BCUT2D eigenvalue weighted by Crippen LogP contribution is 2.18. The molecular formula is C14H22N2O3. The van der Waals surface area contributed by atoms with Crippen molar-refractivity contribution in [2.45, 2.75) is 26.2 Å². The van der Waals surface area contributed by atoms with Crippen molar-refractivity contribution in [3.8, 4) is 0 Å². The Morgan fingerprint density at radius 3 is 2.79 bits per heavy atom. The Balaban J connectivity index is 2.35. The molecule has 106 valence electrons. The van der Waals surface area contributed by atoms with Crippen molar-refractivity contribution in [2.75, 3.05) is 30.8 Å². The smallest absolute Gasteiger partial charge is 0.337 e. The topological polar surface area (TPSA) is 84.6 Å². The Morgan fingerprint density at radius 1 is 1.37 bits per heavy atom. The number of rotatable bonds is 9. The predicted octanol–water partition coefficient (Wildman–Crippen LogP) is 2.59. The van der Waals surface area contributed by atoms with Crippen LogP contribution in [0.5, 0.6) is 0 Å². The second kappa shape index (κ2) is 8.37. The summed E-state index contributed by atoms with van der Waals surface area (Å²) in [5, 5.41) is 12.2. The largest absolute Gasteiger partial charge is 0.478 e. The predicted molar refractivity (Wildman–Crippen MR) is 76.6 cm³/mol. The van der Waals surface area contributed by atoms with Gasteiger partial charge in [-0.1, -0.05) is 13.3 Å². The molecule has 0 unspecified atom stereocenters. The fourth-order valence-corrected chi connectivity index (χ4v) is 1.64. The fourth-order valence-electron chi connectivity index (χ4n) is 1.64. The maximum Gasteiger partial charge on any atom is 0.337 e. The van der Waals surface area contributed by atoms with E-state index in [1.807, 2.05) is 0 Å². The van der Waals surface area contributed by atoms with E-state index < -0.39 is 5.97 Å². The number of anilines is 2. The lowest BCUT2D eigenvalue weighted by Gasteiger charge is -2.10. The second-order valence-electron chi connectivity index (χ2n) is 4.36. The second-order valence-corrected chi connectivity index (χ2v) is 4.36. The molecule has 0 spiro atoms. The Bertz CT molecular complexity index is 408. The number of carboxylic acid groups (broad SMARTS) is 1. The van der Waals surface area contributed by atoms with Crippen molar-refractivity contribution in [2.24, 2.45) is 0 Å². The zero-order valence-corrected chi connectivity index (χ0v) is 11.3. The molecule has 5 nitrogen and oxygen atoms in total. The van der Waals surface area contributed by atoms with E-state index in [2.05, 4.69) is 12.2 Å². The maximum atomic E-state index is 11.1. The van der Waals surface area contributed by atoms with E-state index >= 15 is 0 Å². The molecule has 4 N–H and O–H groups in total. The highest BCUT2D eigenvalue weighted by molar-refractivity contribution is 5.95. The Labute approximate surface area is 113 Å². The first-order valence-electron chi connectivity index (χ1n) is 6.59. The van der Waals surface area contributed by atoms with Gasteiger partial charge in [0.25, 0.3) is 0 Å². The molecule has 0 bridgehead atoms. The highest BCUT2D eigenvalue weighted by Gasteiger charge is 2.09. The summed E-state index contributed by atoms with van der Waals surface area (Å²) in [5.41, 5.74) is 6.82. The first-order chi connectivity index (χ1) is 9.15. The van der Waals surface area contributed by atoms with Gasteiger partial charge in [-0.15, -0.1) is 0 Å². The minimum absolute atomic E-state index is 0.201. The van der Waals surface area contributed by atoms with Crippen LogP contribution < -0.4 is 11.1 Å². The van der Waals surface area contributed by atoms with E-state index in [0.717, 1.165) is 25.9 Å². The zero-order chi connectivity index (χ0) is 14.1. The van der Waals surface area contributed by atoms with E-state index in [-0.39, 0.29) is 5.56 Å². The van der Waals surface area contributed by atoms with Crippen LogP contribution in [0.3, 0.4) is 0 Å². The van der Waals surface area contributed by atoms with Gasteiger partial charge in [0.2, 0.25) is 0 Å². The molecule has 0 heterocycles. The van der Waals surface area contributed by atoms with E-state index in [1.165, 1.54) is 6.07 Å². The van der Waals surface area contributed by atoms with Gasteiger partial charge in [-0.2, -0.15) is 0 Å². The molecule has 1 rings (SSSR count). The minimum Gasteiger partial charge on any atom is -0.478 e. The summed E-state index contributed by atoms with van der Waals surface area (Å²) in [6.45, 7) is 4.28. The average molecular weight is 266 g/mol. The Kier molecular flexibility index (Phi) is 6.74. The average Bonchev–Trinajstić information content (AvgIpc) is 2.39. The molecule has 5 heteroatoms. The third-order valence-electron chi connectivity index (χ3n) is 2.70. The molecule has 0 aromatic heterocycles. The van der Waals surface area contributed by atoms with Crippen LogP contribution in [-0.4, -0.2) is 30.8 Å². The van der Waals surface area contributed by atoms with Gasteiger partial charge < -0.3 is 20.9 Å². The van der Waals surface area contributed by atoms with Gasteiger partial charge >= 0.3 is 5.97 Å². The lowest BCUT2D eigenvalue weighted by molar-refractivity contribution is 0.0698. The van der Waals surface area contributed by atoms with Crippen LogP contribution in [0.15, 0.2) is 18.2 Å². The van der Waals surface area contributed by atoms with Crippen molar-refractivity contribution in [1.82, 2.24) is 0 Å². The summed E-state index contributed by atoms with van der Waals surface area (Å²) in [4.78, 5) is 11.1. The SMILES string of the molecule is CCCCOCCCNc1ccc(N)cc1C(=O)O. The van der Waals surface area contributed by atoms with Crippen LogP contribution in [0.1, 0.15) is 36.5 Å². The van der Waals surface area contributed by atoms with Crippen molar-refractivity contribution in [3.63, 3.8) is 0 Å². The quantitative estimate of drug-likeness (QED) is 0.472. The molecule has 0 radical (unpaired) electrons. The summed E-state index contributed by atoms with van der Waals surface area (Å²) in [5.74, 6) is -0.978. The number of nitrogen functional groups attached to an aromatic ring is 1. The number of aromatic carboxylic acids is 1. The van der Waals surface area contributed by atoms with Crippen LogP contribution >= 0.6 is 0 Å². The molecule has 0 saturated heterocycles. The molecule has 0 atom stereocenters. The number of unbranched alkanes of at least 4 members (excludes halogenated alkanes) is 1. The van der Waals surface area contributed by atoms with Gasteiger partial charge in [-0.25, -0.2) is 4.79 Å². The number of ether oxygens (including phenoxy) is 1. The van der Waals surface area contributed by atoms with Crippen LogP contribution in [0.4, 0.5) is 11.4 Å². The maximum absolute atomic E-state index is 11.1. The fraction of sp³-hybridized carbons (Fsp3) is 0.500. The summed E-state index contributed by atoms with van der Waals surface area (Å²) in [7, 11) is 0. The number of nitrogens with one attached hydrogen (secondary N) is 1. The van der Waals surface area contributed by atoms with E-state index in [4.69, 9.17) is 15.6 Å². The summed E-state index contributed by atoms with van der Waals surface area (Å²) in [6, 6.07) is 4.84. The summed E-state index contributed by atoms with van der Waals surface area (Å²) < 4.78 is 5.43. The zero-order valence-electron chi connectivity index (χ0n) is 11.3. The molecular weight excluding hydrogens is 244 g/mol. The number of benzene rings is 1. The first kappa shape index (κ1) is 15.3. The number of carbonyl (C=O) groups is 1. The molecule has 0 aliphatic carbocycles. The number of carboxylic acids is 1. The molecule has 0 saturated carbocycles. The van der Waals surface area contributed by atoms with E-state index in [0.29, 0.717) is 24.5 Å². The number of hydrogen-bond donors (Lipinski definition) is 3. The van der Waals surface area contributed by atoms with Gasteiger partial charge in [-0.05, 0) is 31.0 Å². The van der Waals surface area contributed by atoms with Crippen molar-refractivity contribution in [1.29, 1.82) is 0 Å². The third kappa shape index (κ3) is 5.61.